The Labute approximate surface area is 98.3 Å². The van der Waals surface area contributed by atoms with Crippen LogP contribution in [0.2, 0.25) is 0 Å². The summed E-state index contributed by atoms with van der Waals surface area (Å²) in [6, 6.07) is 0. The fourth-order valence-corrected chi connectivity index (χ4v) is 5.63. The van der Waals surface area contributed by atoms with Gasteiger partial charge < -0.3 is 0 Å². The van der Waals surface area contributed by atoms with Gasteiger partial charge in [0.25, 0.3) is 0 Å². The van der Waals surface area contributed by atoms with Crippen LogP contribution in [-0.4, -0.2) is 16.5 Å². The lowest BCUT2D eigenvalue weighted by Gasteiger charge is -2.42. The van der Waals surface area contributed by atoms with Crippen LogP contribution >= 0.6 is 7.92 Å². The number of allylic oxidation sites excluding steroid dienone is 2. The van der Waals surface area contributed by atoms with Gasteiger partial charge in [-0.2, -0.15) is 0 Å². The minimum atomic E-state index is 0.0275. The van der Waals surface area contributed by atoms with Crippen LogP contribution in [0.1, 0.15) is 62.3 Å². The van der Waals surface area contributed by atoms with E-state index in [-0.39, 0.29) is 7.92 Å². The molecular weight excluding hydrogens is 199 g/mol. The fourth-order valence-electron chi connectivity index (χ4n) is 1.88. The van der Waals surface area contributed by atoms with Crippen molar-refractivity contribution in [2.45, 2.75) is 72.6 Å². The summed E-state index contributed by atoms with van der Waals surface area (Å²) < 4.78 is 0. The van der Waals surface area contributed by atoms with E-state index >= 15 is 0 Å². The lowest BCUT2D eigenvalue weighted by molar-refractivity contribution is 0.706. The predicted molar refractivity (Wildman–Crippen MR) is 75.3 cm³/mol. The molecule has 0 aromatic carbocycles. The molecule has 0 radical (unpaired) electrons. The molecular formula is C14H29P. The third-order valence-electron chi connectivity index (χ3n) is 2.87. The molecule has 0 fully saturated rings. The Kier molecular flexibility index (Phi) is 5.06. The number of rotatable bonds is 2. The van der Waals surface area contributed by atoms with Crippen molar-refractivity contribution in [3.05, 3.63) is 11.1 Å². The molecule has 0 heterocycles. The molecule has 1 heteroatoms. The van der Waals surface area contributed by atoms with Crippen LogP contribution < -0.4 is 0 Å². The zero-order valence-electron chi connectivity index (χ0n) is 12.2. The summed E-state index contributed by atoms with van der Waals surface area (Å²) in [6.45, 7) is 21.1. The summed E-state index contributed by atoms with van der Waals surface area (Å²) in [4.78, 5) is 0. The molecule has 15 heavy (non-hydrogen) atoms. The van der Waals surface area contributed by atoms with Gasteiger partial charge in [-0.25, -0.2) is 0 Å². The summed E-state index contributed by atoms with van der Waals surface area (Å²) in [5.41, 5.74) is 3.09. The molecule has 0 aromatic heterocycles. The van der Waals surface area contributed by atoms with E-state index in [1.54, 1.807) is 5.57 Å². The van der Waals surface area contributed by atoms with Crippen molar-refractivity contribution in [1.82, 2.24) is 0 Å². The largest absolute Gasteiger partial charge is 0.0915 e. The van der Waals surface area contributed by atoms with Crippen LogP contribution in [0.25, 0.3) is 0 Å². The molecule has 0 aliphatic carbocycles. The number of hydrogen-bond acceptors (Lipinski definition) is 0. The van der Waals surface area contributed by atoms with Crippen LogP contribution in [0, 0.1) is 0 Å². The second-order valence-electron chi connectivity index (χ2n) is 6.71. The molecule has 0 N–H and O–H groups in total. The quantitative estimate of drug-likeness (QED) is 0.437. The van der Waals surface area contributed by atoms with E-state index in [2.05, 4.69) is 62.3 Å². The van der Waals surface area contributed by atoms with Crippen molar-refractivity contribution < 1.29 is 0 Å². The predicted octanol–water partition coefficient (Wildman–Crippen LogP) is 5.42. The highest BCUT2D eigenvalue weighted by Gasteiger charge is 2.33. The topological polar surface area (TPSA) is 0 Å². The van der Waals surface area contributed by atoms with Gasteiger partial charge in [-0.15, -0.1) is 0 Å². The highest BCUT2D eigenvalue weighted by Crippen LogP contribution is 2.60. The van der Waals surface area contributed by atoms with E-state index in [1.807, 2.05) is 0 Å². The summed E-state index contributed by atoms with van der Waals surface area (Å²) in [7, 11) is 0.0275. The van der Waals surface area contributed by atoms with Gasteiger partial charge in [-0.05, 0) is 37.2 Å². The summed E-state index contributed by atoms with van der Waals surface area (Å²) >= 11 is 0. The Hall–Kier alpha value is 0.170. The fraction of sp³-hybridized carbons (Fsp3) is 0.857. The highest BCUT2D eigenvalue weighted by atomic mass is 31.1. The van der Waals surface area contributed by atoms with E-state index in [4.69, 9.17) is 0 Å². The van der Waals surface area contributed by atoms with Gasteiger partial charge in [-0.3, -0.25) is 0 Å². The first kappa shape index (κ1) is 15.2. The van der Waals surface area contributed by atoms with Crippen molar-refractivity contribution in [2.75, 3.05) is 6.16 Å². The molecule has 0 aliphatic rings. The second-order valence-corrected chi connectivity index (χ2v) is 10.6. The molecule has 0 saturated carbocycles. The Morgan fingerprint density at radius 2 is 1.13 bits per heavy atom. The molecule has 0 rings (SSSR count). The van der Waals surface area contributed by atoms with Gasteiger partial charge in [0.15, 0.2) is 0 Å². The van der Waals surface area contributed by atoms with E-state index in [1.165, 1.54) is 11.7 Å². The van der Waals surface area contributed by atoms with Crippen molar-refractivity contribution in [3.63, 3.8) is 0 Å². The Balaban J connectivity index is 4.94. The van der Waals surface area contributed by atoms with Gasteiger partial charge in [0.2, 0.25) is 0 Å². The third-order valence-corrected chi connectivity index (χ3v) is 6.90. The summed E-state index contributed by atoms with van der Waals surface area (Å²) in [5, 5.41) is 0.897. The first-order chi connectivity index (χ1) is 6.46. The van der Waals surface area contributed by atoms with Gasteiger partial charge in [0.1, 0.15) is 0 Å². The van der Waals surface area contributed by atoms with Crippen LogP contribution in [0.5, 0.6) is 0 Å². The average molecular weight is 228 g/mol. The zero-order valence-corrected chi connectivity index (χ0v) is 13.0. The maximum Gasteiger partial charge on any atom is -0.0105 e. The molecule has 0 bridgehead atoms. The molecule has 0 aliphatic heterocycles. The van der Waals surface area contributed by atoms with E-state index in [0.29, 0.717) is 10.3 Å². The van der Waals surface area contributed by atoms with Crippen LogP contribution in [-0.2, 0) is 0 Å². The summed E-state index contributed by atoms with van der Waals surface area (Å²) in [5.74, 6) is 0. The molecule has 0 unspecified atom stereocenters. The third kappa shape index (κ3) is 5.16. The average Bonchev–Trinajstić information content (AvgIpc) is 1.94. The SMILES string of the molecule is CC(C)=C(C)CP(C(C)(C)C)C(C)(C)C. The number of hydrogen-bond donors (Lipinski definition) is 0. The summed E-state index contributed by atoms with van der Waals surface area (Å²) in [6.07, 6.45) is 1.30. The smallest absolute Gasteiger partial charge is 0.0105 e. The highest BCUT2D eigenvalue weighted by molar-refractivity contribution is 7.61. The van der Waals surface area contributed by atoms with E-state index < -0.39 is 0 Å². The minimum Gasteiger partial charge on any atom is -0.0915 e. The van der Waals surface area contributed by atoms with Gasteiger partial charge in [0, 0.05) is 0 Å². The van der Waals surface area contributed by atoms with Crippen molar-refractivity contribution in [2.24, 2.45) is 0 Å². The lowest BCUT2D eigenvalue weighted by Crippen LogP contribution is -2.26. The minimum absolute atomic E-state index is 0.0275. The van der Waals surface area contributed by atoms with E-state index in [0.717, 1.165) is 0 Å². The van der Waals surface area contributed by atoms with Crippen molar-refractivity contribution >= 4 is 7.92 Å². The molecule has 0 spiro atoms. The Morgan fingerprint density at radius 1 is 0.800 bits per heavy atom. The molecule has 0 amide bonds. The molecule has 90 valence electrons. The zero-order chi connectivity index (χ0) is 12.4. The molecule has 0 saturated heterocycles. The van der Waals surface area contributed by atoms with Gasteiger partial charge in [-0.1, -0.05) is 60.6 Å². The normalized spacial score (nSPS) is 13.2. The molecule has 0 aromatic rings. The van der Waals surface area contributed by atoms with Gasteiger partial charge in [0.05, 0.1) is 0 Å². The molecule has 0 nitrogen and oxygen atoms in total. The van der Waals surface area contributed by atoms with Crippen LogP contribution in [0.3, 0.4) is 0 Å². The first-order valence-corrected chi connectivity index (χ1v) is 7.39. The lowest BCUT2D eigenvalue weighted by atomic mass is 10.2. The Morgan fingerprint density at radius 3 is 1.33 bits per heavy atom. The molecule has 0 atom stereocenters. The van der Waals surface area contributed by atoms with Gasteiger partial charge >= 0.3 is 0 Å². The Bertz CT molecular complexity index is 217. The van der Waals surface area contributed by atoms with Crippen molar-refractivity contribution in [3.8, 4) is 0 Å². The maximum absolute atomic E-state index is 2.39. The maximum atomic E-state index is 2.39. The first-order valence-electron chi connectivity index (χ1n) is 5.87. The standard InChI is InChI=1S/C14H29P/c1-11(2)12(3)10-15(13(4,5)6)14(7,8)9/h10H2,1-9H3. The van der Waals surface area contributed by atoms with Crippen LogP contribution in [0.15, 0.2) is 11.1 Å². The monoisotopic (exact) mass is 228 g/mol. The second kappa shape index (κ2) is 5.00. The van der Waals surface area contributed by atoms with E-state index in [9.17, 15) is 0 Å². The van der Waals surface area contributed by atoms with Crippen LogP contribution in [0.4, 0.5) is 0 Å². The van der Waals surface area contributed by atoms with Crippen molar-refractivity contribution in [1.29, 1.82) is 0 Å².